The van der Waals surface area contributed by atoms with Crippen LogP contribution in [0.25, 0.3) is 0 Å². The normalized spacial score (nSPS) is 22.2. The molecule has 0 saturated carbocycles. The average Bonchev–Trinajstić information content (AvgIpc) is 2.10. The number of hydrogen-bond donors (Lipinski definition) is 2. The van der Waals surface area contributed by atoms with E-state index in [2.05, 4.69) is 0 Å². The van der Waals surface area contributed by atoms with Crippen LogP contribution in [-0.4, -0.2) is 12.6 Å². The van der Waals surface area contributed by atoms with Gasteiger partial charge in [-0.05, 0) is 31.6 Å². The summed E-state index contributed by atoms with van der Waals surface area (Å²) in [6.07, 6.45) is 3.64. The van der Waals surface area contributed by atoms with E-state index in [9.17, 15) is 4.79 Å². The van der Waals surface area contributed by atoms with Crippen molar-refractivity contribution in [3.05, 3.63) is 11.4 Å². The van der Waals surface area contributed by atoms with Gasteiger partial charge < -0.3 is 16.2 Å². The molecule has 4 nitrogen and oxygen atoms in total. The van der Waals surface area contributed by atoms with Gasteiger partial charge in [0, 0.05) is 18.3 Å². The van der Waals surface area contributed by atoms with Gasteiger partial charge in [0.2, 0.25) is 0 Å². The second-order valence-corrected chi connectivity index (χ2v) is 3.79. The highest BCUT2D eigenvalue weighted by molar-refractivity contribution is 5.65. The third-order valence-electron chi connectivity index (χ3n) is 2.57. The van der Waals surface area contributed by atoms with Gasteiger partial charge in [-0.2, -0.15) is 0 Å². The molecule has 1 unspecified atom stereocenters. The van der Waals surface area contributed by atoms with Crippen LogP contribution < -0.4 is 11.5 Å². The van der Waals surface area contributed by atoms with Gasteiger partial charge in [-0.25, -0.2) is 0 Å². The van der Waals surface area contributed by atoms with E-state index >= 15 is 0 Å². The maximum absolute atomic E-state index is 10.5. The zero-order valence-corrected chi connectivity index (χ0v) is 8.58. The Bertz CT molecular complexity index is 249. The molecule has 1 atom stereocenters. The van der Waals surface area contributed by atoms with Crippen molar-refractivity contribution in [2.75, 3.05) is 6.61 Å². The van der Waals surface area contributed by atoms with Crippen molar-refractivity contribution in [3.63, 3.8) is 0 Å². The van der Waals surface area contributed by atoms with E-state index < -0.39 is 0 Å². The van der Waals surface area contributed by atoms with Crippen molar-refractivity contribution in [2.45, 2.75) is 32.6 Å². The van der Waals surface area contributed by atoms with Gasteiger partial charge in [0.05, 0.1) is 6.61 Å². The molecule has 0 aromatic carbocycles. The highest BCUT2D eigenvalue weighted by atomic mass is 16.5. The highest BCUT2D eigenvalue weighted by Gasteiger charge is 2.17. The molecule has 0 amide bonds. The smallest absolute Gasteiger partial charge is 0.302 e. The number of carbonyl (C=O) groups is 1. The number of rotatable bonds is 3. The molecule has 4 N–H and O–H groups in total. The van der Waals surface area contributed by atoms with Crippen molar-refractivity contribution in [1.29, 1.82) is 0 Å². The number of nitrogens with two attached hydrogens (primary N) is 2. The van der Waals surface area contributed by atoms with Crippen molar-refractivity contribution >= 4 is 5.97 Å². The molecule has 0 fully saturated rings. The first-order valence-corrected chi connectivity index (χ1v) is 4.96. The fraction of sp³-hybridized carbons (Fsp3) is 0.700. The first-order valence-electron chi connectivity index (χ1n) is 4.96. The standard InChI is InChI=1S/C10H18N2O2/c1-7(13)14-5-4-8-2-3-9(11)10(12)6-8/h8H,2-6,11-12H2,1H3. The van der Waals surface area contributed by atoms with E-state index in [4.69, 9.17) is 16.2 Å². The molecule has 0 heterocycles. The van der Waals surface area contributed by atoms with Gasteiger partial charge >= 0.3 is 5.97 Å². The monoisotopic (exact) mass is 198 g/mol. The van der Waals surface area contributed by atoms with Gasteiger partial charge in [-0.3, -0.25) is 4.79 Å². The van der Waals surface area contributed by atoms with Gasteiger partial charge in [0.25, 0.3) is 0 Å². The lowest BCUT2D eigenvalue weighted by Crippen LogP contribution is -2.21. The molecule has 0 saturated heterocycles. The molecule has 80 valence electrons. The summed E-state index contributed by atoms with van der Waals surface area (Å²) in [7, 11) is 0. The Morgan fingerprint density at radius 2 is 2.21 bits per heavy atom. The van der Waals surface area contributed by atoms with E-state index in [0.717, 1.165) is 37.1 Å². The summed E-state index contributed by atoms with van der Waals surface area (Å²) >= 11 is 0. The van der Waals surface area contributed by atoms with Crippen LogP contribution in [0.5, 0.6) is 0 Å². The molecule has 4 heteroatoms. The maximum Gasteiger partial charge on any atom is 0.302 e. The van der Waals surface area contributed by atoms with E-state index in [0.29, 0.717) is 12.5 Å². The lowest BCUT2D eigenvalue weighted by Gasteiger charge is -2.23. The summed E-state index contributed by atoms with van der Waals surface area (Å²) in [5.41, 5.74) is 13.1. The third kappa shape index (κ3) is 3.28. The Morgan fingerprint density at radius 1 is 1.50 bits per heavy atom. The Balaban J connectivity index is 2.25. The van der Waals surface area contributed by atoms with E-state index in [1.165, 1.54) is 6.92 Å². The second kappa shape index (κ2) is 4.88. The highest BCUT2D eigenvalue weighted by Crippen LogP contribution is 2.26. The molecule has 1 aliphatic rings. The lowest BCUT2D eigenvalue weighted by atomic mass is 9.88. The van der Waals surface area contributed by atoms with Crippen LogP contribution in [0.1, 0.15) is 32.6 Å². The minimum atomic E-state index is -0.219. The molecule has 1 rings (SSSR count). The fourth-order valence-corrected chi connectivity index (χ4v) is 1.68. The summed E-state index contributed by atoms with van der Waals surface area (Å²) in [5, 5.41) is 0. The fourth-order valence-electron chi connectivity index (χ4n) is 1.68. The van der Waals surface area contributed by atoms with Gasteiger partial charge in [-0.1, -0.05) is 0 Å². The molecule has 0 spiro atoms. The summed E-state index contributed by atoms with van der Waals surface area (Å²) < 4.78 is 4.88. The molecule has 0 aromatic rings. The van der Waals surface area contributed by atoms with Crippen LogP contribution in [0.15, 0.2) is 11.4 Å². The number of ether oxygens (including phenoxy) is 1. The zero-order chi connectivity index (χ0) is 10.6. The molecule has 14 heavy (non-hydrogen) atoms. The SMILES string of the molecule is CC(=O)OCCC1CCC(N)=C(N)C1. The Hall–Kier alpha value is -1.19. The lowest BCUT2D eigenvalue weighted by molar-refractivity contribution is -0.141. The first kappa shape index (κ1) is 10.9. The van der Waals surface area contributed by atoms with E-state index in [1.807, 2.05) is 0 Å². The molecule has 0 aromatic heterocycles. The predicted octanol–water partition coefficient (Wildman–Crippen LogP) is 0.869. The number of carbonyl (C=O) groups excluding carboxylic acids is 1. The minimum Gasteiger partial charge on any atom is -0.466 e. The molecular formula is C10H18N2O2. The number of esters is 1. The van der Waals surface area contributed by atoms with Crippen LogP contribution in [0.3, 0.4) is 0 Å². The van der Waals surface area contributed by atoms with Crippen LogP contribution in [0.2, 0.25) is 0 Å². The summed E-state index contributed by atoms with van der Waals surface area (Å²) in [4.78, 5) is 10.5. The van der Waals surface area contributed by atoms with Crippen molar-refractivity contribution in [2.24, 2.45) is 17.4 Å². The molecule has 1 aliphatic carbocycles. The Morgan fingerprint density at radius 3 is 2.79 bits per heavy atom. The average molecular weight is 198 g/mol. The topological polar surface area (TPSA) is 78.3 Å². The quantitative estimate of drug-likeness (QED) is 0.659. The maximum atomic E-state index is 10.5. The second-order valence-electron chi connectivity index (χ2n) is 3.79. The van der Waals surface area contributed by atoms with Crippen molar-refractivity contribution in [1.82, 2.24) is 0 Å². The summed E-state index contributed by atoms with van der Waals surface area (Å²) in [6, 6.07) is 0. The third-order valence-corrected chi connectivity index (χ3v) is 2.57. The predicted molar refractivity (Wildman–Crippen MR) is 54.0 cm³/mol. The summed E-state index contributed by atoms with van der Waals surface area (Å²) in [6.45, 7) is 1.92. The van der Waals surface area contributed by atoms with Gasteiger partial charge in [0.15, 0.2) is 0 Å². The van der Waals surface area contributed by atoms with Crippen LogP contribution in [-0.2, 0) is 9.53 Å². The minimum absolute atomic E-state index is 0.219. The zero-order valence-electron chi connectivity index (χ0n) is 8.58. The van der Waals surface area contributed by atoms with E-state index in [-0.39, 0.29) is 5.97 Å². The Labute approximate surface area is 84.3 Å². The number of allylic oxidation sites excluding steroid dienone is 2. The van der Waals surface area contributed by atoms with Crippen LogP contribution in [0, 0.1) is 5.92 Å². The molecule has 0 bridgehead atoms. The largest absolute Gasteiger partial charge is 0.466 e. The van der Waals surface area contributed by atoms with E-state index in [1.54, 1.807) is 0 Å². The summed E-state index contributed by atoms with van der Waals surface area (Å²) in [5.74, 6) is 0.297. The Kier molecular flexibility index (Phi) is 3.80. The van der Waals surface area contributed by atoms with Crippen LogP contribution >= 0.6 is 0 Å². The molecular weight excluding hydrogens is 180 g/mol. The van der Waals surface area contributed by atoms with Gasteiger partial charge in [0.1, 0.15) is 0 Å². The first-order chi connectivity index (χ1) is 6.59. The van der Waals surface area contributed by atoms with Crippen LogP contribution in [0.4, 0.5) is 0 Å². The van der Waals surface area contributed by atoms with Crippen molar-refractivity contribution < 1.29 is 9.53 Å². The molecule has 0 aliphatic heterocycles. The van der Waals surface area contributed by atoms with Crippen molar-refractivity contribution in [3.8, 4) is 0 Å². The molecule has 0 radical (unpaired) electrons. The number of hydrogen-bond acceptors (Lipinski definition) is 4. The van der Waals surface area contributed by atoms with Gasteiger partial charge in [-0.15, -0.1) is 0 Å².